The number of rotatable bonds is 5. The largest absolute Gasteiger partial charge is 0.467 e. The fourth-order valence-electron chi connectivity index (χ4n) is 2.48. The second kappa shape index (κ2) is 5.76. The van der Waals surface area contributed by atoms with Gasteiger partial charge in [-0.1, -0.05) is 26.0 Å². The molecule has 1 unspecified atom stereocenters. The first kappa shape index (κ1) is 15.4. The number of nitrogens with two attached hydrogens (primary N) is 1. The number of amides is 1. The predicted molar refractivity (Wildman–Crippen MR) is 80.6 cm³/mol. The summed E-state index contributed by atoms with van der Waals surface area (Å²) in [5.41, 5.74) is 6.78. The minimum absolute atomic E-state index is 0.0244. The van der Waals surface area contributed by atoms with Crippen LogP contribution in [0.1, 0.15) is 32.3 Å². The van der Waals surface area contributed by atoms with E-state index < -0.39 is 17.4 Å². The first-order chi connectivity index (χ1) is 9.90. The molecule has 21 heavy (non-hydrogen) atoms. The van der Waals surface area contributed by atoms with Crippen molar-refractivity contribution in [3.63, 3.8) is 0 Å². The van der Waals surface area contributed by atoms with Crippen LogP contribution in [0.2, 0.25) is 0 Å². The van der Waals surface area contributed by atoms with Gasteiger partial charge in [-0.3, -0.25) is 4.79 Å². The summed E-state index contributed by atoms with van der Waals surface area (Å²) in [4.78, 5) is 24.4. The van der Waals surface area contributed by atoms with Crippen LogP contribution in [-0.2, 0) is 19.7 Å². The second-order valence-corrected chi connectivity index (χ2v) is 5.92. The Kier molecular flexibility index (Phi) is 4.21. The van der Waals surface area contributed by atoms with Crippen molar-refractivity contribution >= 4 is 17.6 Å². The Hall–Kier alpha value is -2.04. The fourth-order valence-corrected chi connectivity index (χ4v) is 2.48. The van der Waals surface area contributed by atoms with Gasteiger partial charge < -0.3 is 15.8 Å². The van der Waals surface area contributed by atoms with E-state index >= 15 is 0 Å². The zero-order valence-corrected chi connectivity index (χ0v) is 12.7. The highest BCUT2D eigenvalue weighted by Crippen LogP contribution is 2.48. The Morgan fingerprint density at radius 2 is 1.81 bits per heavy atom. The number of esters is 1. The van der Waals surface area contributed by atoms with E-state index in [0.717, 1.165) is 18.4 Å². The summed E-state index contributed by atoms with van der Waals surface area (Å²) >= 11 is 0. The first-order valence-electron chi connectivity index (χ1n) is 7.15. The highest BCUT2D eigenvalue weighted by atomic mass is 16.5. The molecule has 114 valence electrons. The van der Waals surface area contributed by atoms with Gasteiger partial charge in [-0.15, -0.1) is 0 Å². The fraction of sp³-hybridized carbons (Fsp3) is 0.500. The molecule has 1 aliphatic carbocycles. The van der Waals surface area contributed by atoms with Crippen molar-refractivity contribution < 1.29 is 14.3 Å². The van der Waals surface area contributed by atoms with E-state index in [-0.39, 0.29) is 11.8 Å². The Morgan fingerprint density at radius 1 is 1.24 bits per heavy atom. The van der Waals surface area contributed by atoms with Gasteiger partial charge in [0.25, 0.3) is 0 Å². The van der Waals surface area contributed by atoms with Crippen LogP contribution in [-0.4, -0.2) is 25.0 Å². The molecule has 5 nitrogen and oxygen atoms in total. The summed E-state index contributed by atoms with van der Waals surface area (Å²) in [6, 6.07) is 6.73. The summed E-state index contributed by atoms with van der Waals surface area (Å²) in [5.74, 6) is -0.550. The van der Waals surface area contributed by atoms with Gasteiger partial charge in [-0.05, 0) is 36.5 Å². The summed E-state index contributed by atoms with van der Waals surface area (Å²) in [6.07, 6.45) is 1.57. The first-order valence-corrected chi connectivity index (χ1v) is 7.15. The molecule has 0 spiro atoms. The van der Waals surface area contributed by atoms with Crippen molar-refractivity contribution in [2.45, 2.75) is 38.1 Å². The van der Waals surface area contributed by atoms with Crippen LogP contribution in [0.5, 0.6) is 0 Å². The Balaban J connectivity index is 2.15. The lowest BCUT2D eigenvalue weighted by atomic mass is 9.93. The third-order valence-corrected chi connectivity index (χ3v) is 4.06. The van der Waals surface area contributed by atoms with Crippen LogP contribution in [0, 0.1) is 5.92 Å². The molecule has 0 radical (unpaired) electrons. The lowest BCUT2D eigenvalue weighted by molar-refractivity contribution is -0.146. The molecule has 1 aromatic rings. The molecule has 0 heterocycles. The van der Waals surface area contributed by atoms with Gasteiger partial charge in [0.15, 0.2) is 0 Å². The molecule has 3 N–H and O–H groups in total. The van der Waals surface area contributed by atoms with Crippen LogP contribution < -0.4 is 11.1 Å². The van der Waals surface area contributed by atoms with Crippen LogP contribution in [0.15, 0.2) is 24.3 Å². The van der Waals surface area contributed by atoms with E-state index in [4.69, 9.17) is 10.5 Å². The molecule has 1 aromatic carbocycles. The summed E-state index contributed by atoms with van der Waals surface area (Å²) < 4.78 is 4.76. The van der Waals surface area contributed by atoms with Crippen LogP contribution >= 0.6 is 0 Å². The molecule has 0 saturated heterocycles. The number of nitrogens with one attached hydrogen (secondary N) is 1. The number of carbonyl (C=O) groups excluding carboxylic acids is 2. The second-order valence-electron chi connectivity index (χ2n) is 5.92. The Bertz CT molecular complexity index is 533. The van der Waals surface area contributed by atoms with Gasteiger partial charge in [0.05, 0.1) is 12.5 Å². The van der Waals surface area contributed by atoms with E-state index in [2.05, 4.69) is 5.32 Å². The van der Waals surface area contributed by atoms with Crippen LogP contribution in [0.3, 0.4) is 0 Å². The maximum absolute atomic E-state index is 12.6. The predicted octanol–water partition coefficient (Wildman–Crippen LogP) is 1.61. The van der Waals surface area contributed by atoms with E-state index in [1.54, 1.807) is 12.1 Å². The SMILES string of the molecule is COC(=O)C(NC(=O)C1(c2ccc(N)cc2)CC1)C(C)C. The summed E-state index contributed by atoms with van der Waals surface area (Å²) in [7, 11) is 1.33. The van der Waals surface area contributed by atoms with Crippen molar-refractivity contribution in [3.05, 3.63) is 29.8 Å². The van der Waals surface area contributed by atoms with Crippen molar-refractivity contribution in [2.75, 3.05) is 12.8 Å². The molecule has 0 aromatic heterocycles. The molecule has 1 fully saturated rings. The highest BCUT2D eigenvalue weighted by Gasteiger charge is 2.52. The third kappa shape index (κ3) is 3.01. The van der Waals surface area contributed by atoms with Crippen LogP contribution in [0.25, 0.3) is 0 Å². The van der Waals surface area contributed by atoms with E-state index in [9.17, 15) is 9.59 Å². The third-order valence-electron chi connectivity index (χ3n) is 4.06. The van der Waals surface area contributed by atoms with E-state index in [0.29, 0.717) is 5.69 Å². The quantitative estimate of drug-likeness (QED) is 0.637. The molecule has 1 saturated carbocycles. The number of carbonyl (C=O) groups is 2. The topological polar surface area (TPSA) is 81.4 Å². The standard InChI is InChI=1S/C16H22N2O3/c1-10(2)13(14(19)21-3)18-15(20)16(8-9-16)11-4-6-12(17)7-5-11/h4-7,10,13H,8-9,17H2,1-3H3,(H,18,20). The minimum Gasteiger partial charge on any atom is -0.467 e. The molecule has 0 bridgehead atoms. The number of hydrogen-bond acceptors (Lipinski definition) is 4. The number of anilines is 1. The van der Waals surface area contributed by atoms with Gasteiger partial charge in [0.1, 0.15) is 6.04 Å². The molecule has 1 amide bonds. The van der Waals surface area contributed by atoms with Gasteiger partial charge in [-0.25, -0.2) is 4.79 Å². The van der Waals surface area contributed by atoms with Crippen molar-refractivity contribution in [2.24, 2.45) is 5.92 Å². The molecule has 2 rings (SSSR count). The summed E-state index contributed by atoms with van der Waals surface area (Å²) in [5, 5.41) is 2.84. The molecule has 1 aliphatic rings. The van der Waals surface area contributed by atoms with Crippen molar-refractivity contribution in [1.29, 1.82) is 0 Å². The van der Waals surface area contributed by atoms with Gasteiger partial charge in [-0.2, -0.15) is 0 Å². The lowest BCUT2D eigenvalue weighted by Crippen LogP contribution is -2.48. The van der Waals surface area contributed by atoms with E-state index in [1.807, 2.05) is 26.0 Å². The Labute approximate surface area is 124 Å². The molecule has 0 aliphatic heterocycles. The average Bonchev–Trinajstić information content (AvgIpc) is 3.25. The molecule has 5 heteroatoms. The number of nitrogen functional groups attached to an aromatic ring is 1. The van der Waals surface area contributed by atoms with Gasteiger partial charge in [0, 0.05) is 5.69 Å². The zero-order valence-electron chi connectivity index (χ0n) is 12.7. The number of benzene rings is 1. The van der Waals surface area contributed by atoms with E-state index in [1.165, 1.54) is 7.11 Å². The number of methoxy groups -OCH3 is 1. The number of hydrogen-bond donors (Lipinski definition) is 2. The Morgan fingerprint density at radius 3 is 2.24 bits per heavy atom. The molecule has 1 atom stereocenters. The van der Waals surface area contributed by atoms with Crippen molar-refractivity contribution in [3.8, 4) is 0 Å². The van der Waals surface area contributed by atoms with Gasteiger partial charge >= 0.3 is 5.97 Å². The molecular formula is C16H22N2O3. The normalized spacial score (nSPS) is 17.1. The number of ether oxygens (including phenoxy) is 1. The zero-order chi connectivity index (χ0) is 15.6. The smallest absolute Gasteiger partial charge is 0.328 e. The minimum atomic E-state index is -0.617. The average molecular weight is 290 g/mol. The monoisotopic (exact) mass is 290 g/mol. The lowest BCUT2D eigenvalue weighted by Gasteiger charge is -2.23. The van der Waals surface area contributed by atoms with Gasteiger partial charge in [0.2, 0.25) is 5.91 Å². The summed E-state index contributed by atoms with van der Waals surface area (Å²) in [6.45, 7) is 3.76. The maximum atomic E-state index is 12.6. The molecular weight excluding hydrogens is 268 g/mol. The van der Waals surface area contributed by atoms with Crippen LogP contribution in [0.4, 0.5) is 5.69 Å². The maximum Gasteiger partial charge on any atom is 0.328 e. The van der Waals surface area contributed by atoms with Crippen molar-refractivity contribution in [1.82, 2.24) is 5.32 Å². The highest BCUT2D eigenvalue weighted by molar-refractivity contribution is 5.94.